The number of fused-ring (bicyclic) bond motifs is 4. The number of carbonyl (C=O) groups excluding carboxylic acids is 2. The minimum absolute atomic E-state index is 0.160. The Labute approximate surface area is 206 Å². The Bertz CT molecular complexity index is 1640. The topological polar surface area (TPSA) is 96.5 Å². The van der Waals surface area contributed by atoms with Gasteiger partial charge in [0.05, 0.1) is 25.3 Å². The normalized spacial score (nSPS) is 15.0. The predicted molar refractivity (Wildman–Crippen MR) is 138 cm³/mol. The molecule has 1 unspecified atom stereocenters. The van der Waals surface area contributed by atoms with Crippen molar-refractivity contribution in [3.05, 3.63) is 95.8 Å². The lowest BCUT2D eigenvalue weighted by atomic mass is 10.0. The van der Waals surface area contributed by atoms with Crippen molar-refractivity contribution in [1.29, 1.82) is 0 Å². The number of nitrogens with one attached hydrogen (secondary N) is 2. The molecule has 1 atom stereocenters. The van der Waals surface area contributed by atoms with Crippen LogP contribution in [0, 0.1) is 0 Å². The molecule has 0 saturated heterocycles. The van der Waals surface area contributed by atoms with E-state index in [0.717, 1.165) is 21.8 Å². The van der Waals surface area contributed by atoms with Crippen LogP contribution in [-0.4, -0.2) is 36.1 Å². The molecule has 8 heteroatoms. The third kappa shape index (κ3) is 3.34. The molecule has 5 aromatic rings. The average molecular weight is 479 g/mol. The molecule has 0 fully saturated rings. The third-order valence-electron chi connectivity index (χ3n) is 6.46. The number of rotatable bonds is 4. The first kappa shape index (κ1) is 21.7. The van der Waals surface area contributed by atoms with Crippen LogP contribution in [0.1, 0.15) is 32.7 Å². The van der Waals surface area contributed by atoms with Crippen LogP contribution in [-0.2, 0) is 4.74 Å². The zero-order chi connectivity index (χ0) is 24.8. The molecule has 0 radical (unpaired) electrons. The number of H-pyrrole nitrogens is 1. The number of methoxy groups -OCH3 is 2. The number of nitrogens with zero attached hydrogens (tertiary/aromatic N) is 2. The van der Waals surface area contributed by atoms with E-state index in [-0.39, 0.29) is 11.6 Å². The monoisotopic (exact) mass is 478 g/mol. The number of para-hydroxylation sites is 2. The molecular formula is C28H22N4O4. The summed E-state index contributed by atoms with van der Waals surface area (Å²) in [6, 6.07) is 24.1. The number of pyridine rings is 1. The van der Waals surface area contributed by atoms with E-state index in [0.29, 0.717) is 28.4 Å². The highest BCUT2D eigenvalue weighted by Crippen LogP contribution is 2.40. The van der Waals surface area contributed by atoms with Crippen molar-refractivity contribution in [2.24, 2.45) is 0 Å². The van der Waals surface area contributed by atoms with Gasteiger partial charge < -0.3 is 19.8 Å². The number of amides is 1. The highest BCUT2D eigenvalue weighted by molar-refractivity contribution is 6.14. The first-order valence-corrected chi connectivity index (χ1v) is 11.4. The van der Waals surface area contributed by atoms with Crippen molar-refractivity contribution in [2.75, 3.05) is 24.4 Å². The van der Waals surface area contributed by atoms with Gasteiger partial charge in [0.15, 0.2) is 6.17 Å². The zero-order valence-corrected chi connectivity index (χ0v) is 19.6. The van der Waals surface area contributed by atoms with Crippen molar-refractivity contribution in [3.63, 3.8) is 0 Å². The van der Waals surface area contributed by atoms with Crippen molar-refractivity contribution >= 4 is 45.1 Å². The van der Waals surface area contributed by atoms with Crippen LogP contribution < -0.4 is 15.0 Å². The number of aromatic amines is 1. The van der Waals surface area contributed by atoms with Gasteiger partial charge >= 0.3 is 5.97 Å². The Morgan fingerprint density at radius 2 is 1.69 bits per heavy atom. The van der Waals surface area contributed by atoms with Crippen LogP contribution in [0.25, 0.3) is 21.8 Å². The number of anilines is 2. The number of carbonyl (C=O) groups is 2. The van der Waals surface area contributed by atoms with E-state index in [4.69, 9.17) is 14.5 Å². The Morgan fingerprint density at radius 1 is 0.944 bits per heavy atom. The number of esters is 1. The van der Waals surface area contributed by atoms with E-state index < -0.39 is 12.1 Å². The smallest absolute Gasteiger partial charge is 0.356 e. The number of ether oxygens (including phenoxy) is 2. The zero-order valence-electron chi connectivity index (χ0n) is 19.6. The minimum Gasteiger partial charge on any atom is -0.497 e. The van der Waals surface area contributed by atoms with Crippen LogP contribution in [0.15, 0.2) is 78.9 Å². The molecule has 36 heavy (non-hydrogen) atoms. The van der Waals surface area contributed by atoms with Gasteiger partial charge in [0.25, 0.3) is 5.91 Å². The van der Waals surface area contributed by atoms with E-state index in [9.17, 15) is 9.59 Å². The van der Waals surface area contributed by atoms with E-state index >= 15 is 0 Å². The van der Waals surface area contributed by atoms with Gasteiger partial charge in [0.1, 0.15) is 17.1 Å². The fraction of sp³-hybridized carbons (Fsp3) is 0.107. The van der Waals surface area contributed by atoms with Crippen LogP contribution in [0.3, 0.4) is 0 Å². The van der Waals surface area contributed by atoms with Crippen molar-refractivity contribution in [1.82, 2.24) is 9.97 Å². The molecule has 2 N–H and O–H groups in total. The van der Waals surface area contributed by atoms with Gasteiger partial charge in [-0.3, -0.25) is 9.69 Å². The average Bonchev–Trinajstić information content (AvgIpc) is 3.31. The Hall–Kier alpha value is -4.85. The Balaban J connectivity index is 1.63. The number of hydrogen-bond donors (Lipinski definition) is 2. The predicted octanol–water partition coefficient (Wildman–Crippen LogP) is 5.28. The Morgan fingerprint density at radius 3 is 2.47 bits per heavy atom. The standard InChI is InChI=1S/C28H22N4O4/c1-35-17-13-11-16(12-14-17)32-26(31-22-10-6-4-8-19(22)27(32)33)25-24-20(15-23(30-25)28(34)36-2)18-7-3-5-9-21(18)29-24/h3-15,26,29,31H,1-2H3. The summed E-state index contributed by atoms with van der Waals surface area (Å²) in [6.45, 7) is 0. The molecule has 2 aromatic heterocycles. The number of hydrogen-bond acceptors (Lipinski definition) is 6. The van der Waals surface area contributed by atoms with Crippen LogP contribution in [0.4, 0.5) is 11.4 Å². The van der Waals surface area contributed by atoms with Crippen molar-refractivity contribution in [3.8, 4) is 5.75 Å². The number of aromatic nitrogens is 2. The van der Waals surface area contributed by atoms with Gasteiger partial charge in [-0.15, -0.1) is 0 Å². The summed E-state index contributed by atoms with van der Waals surface area (Å²) in [5, 5.41) is 5.24. The van der Waals surface area contributed by atoms with Crippen LogP contribution >= 0.6 is 0 Å². The van der Waals surface area contributed by atoms with Crippen LogP contribution in [0.2, 0.25) is 0 Å². The maximum absolute atomic E-state index is 13.9. The molecule has 0 aliphatic carbocycles. The molecule has 1 aliphatic rings. The molecule has 8 nitrogen and oxygen atoms in total. The van der Waals surface area contributed by atoms with Crippen molar-refractivity contribution < 1.29 is 19.1 Å². The van der Waals surface area contributed by atoms with Gasteiger partial charge in [-0.1, -0.05) is 30.3 Å². The maximum atomic E-state index is 13.9. The minimum atomic E-state index is -0.707. The summed E-state index contributed by atoms with van der Waals surface area (Å²) in [4.78, 5) is 36.3. The molecule has 6 rings (SSSR count). The molecule has 178 valence electrons. The van der Waals surface area contributed by atoms with Crippen molar-refractivity contribution in [2.45, 2.75) is 6.17 Å². The van der Waals surface area contributed by atoms with E-state index in [1.807, 2.05) is 54.6 Å². The molecular weight excluding hydrogens is 456 g/mol. The molecule has 1 amide bonds. The highest BCUT2D eigenvalue weighted by Gasteiger charge is 2.37. The second kappa shape index (κ2) is 8.42. The summed E-state index contributed by atoms with van der Waals surface area (Å²) in [5.74, 6) is -0.0621. The first-order valence-electron chi connectivity index (χ1n) is 11.4. The molecule has 3 aromatic carbocycles. The lowest BCUT2D eigenvalue weighted by Crippen LogP contribution is -2.43. The SMILES string of the molecule is COC(=O)c1cc2c([nH]c3ccccc32)c(C2Nc3ccccc3C(=O)N2c2ccc(OC)cc2)n1. The number of benzene rings is 3. The van der Waals surface area contributed by atoms with Gasteiger partial charge in [0.2, 0.25) is 0 Å². The fourth-order valence-electron chi connectivity index (χ4n) is 4.73. The summed E-state index contributed by atoms with van der Waals surface area (Å²) in [7, 11) is 2.92. The van der Waals surface area contributed by atoms with E-state index in [1.165, 1.54) is 7.11 Å². The van der Waals surface area contributed by atoms with Crippen LogP contribution in [0.5, 0.6) is 5.75 Å². The Kier molecular flexibility index (Phi) is 5.07. The summed E-state index contributed by atoms with van der Waals surface area (Å²) < 4.78 is 10.3. The van der Waals surface area contributed by atoms with Gasteiger partial charge in [-0.2, -0.15) is 0 Å². The van der Waals surface area contributed by atoms with E-state index in [1.54, 1.807) is 36.3 Å². The summed E-state index contributed by atoms with van der Waals surface area (Å²) >= 11 is 0. The highest BCUT2D eigenvalue weighted by atomic mass is 16.5. The lowest BCUT2D eigenvalue weighted by molar-refractivity contribution is 0.0594. The van der Waals surface area contributed by atoms with Gasteiger partial charge in [-0.25, -0.2) is 9.78 Å². The van der Waals surface area contributed by atoms with Gasteiger partial charge in [0, 0.05) is 27.7 Å². The maximum Gasteiger partial charge on any atom is 0.356 e. The summed E-state index contributed by atoms with van der Waals surface area (Å²) in [5.41, 5.74) is 4.18. The fourth-order valence-corrected chi connectivity index (χ4v) is 4.73. The largest absolute Gasteiger partial charge is 0.497 e. The molecule has 0 saturated carbocycles. The quantitative estimate of drug-likeness (QED) is 0.341. The van der Waals surface area contributed by atoms with Gasteiger partial charge in [-0.05, 0) is 48.5 Å². The molecule has 0 spiro atoms. The summed E-state index contributed by atoms with van der Waals surface area (Å²) in [6.07, 6.45) is -0.707. The molecule has 3 heterocycles. The van der Waals surface area contributed by atoms with E-state index in [2.05, 4.69) is 10.3 Å². The third-order valence-corrected chi connectivity index (χ3v) is 6.46. The second-order valence-electron chi connectivity index (χ2n) is 8.44. The lowest BCUT2D eigenvalue weighted by Gasteiger charge is -2.37. The second-order valence-corrected chi connectivity index (χ2v) is 8.44. The molecule has 1 aliphatic heterocycles. The molecule has 0 bridgehead atoms. The first-order chi connectivity index (χ1) is 17.6.